The molecule has 0 spiro atoms. The molecule has 0 saturated carbocycles. The van der Waals surface area contributed by atoms with Gasteiger partial charge in [-0.15, -0.1) is 0 Å². The number of nitrogens with zero attached hydrogens (tertiary/aromatic N) is 1. The molecule has 4 nitrogen and oxygen atoms in total. The standard InChI is InChI=1S/C20H18FNO3/c1-25-17-11-7-15(8-12-17)20(24)19(14-5-9-16(21)10-6-14)22-13-3-2-4-18(22)23/h2-13,19-20,24H,1H3/t19-,20+/m1/s1. The van der Waals surface area contributed by atoms with Crippen LogP contribution in [0.4, 0.5) is 4.39 Å². The maximum Gasteiger partial charge on any atom is 0.251 e. The summed E-state index contributed by atoms with van der Waals surface area (Å²) in [4.78, 5) is 12.3. The van der Waals surface area contributed by atoms with Crippen LogP contribution in [0.5, 0.6) is 5.75 Å². The zero-order valence-corrected chi connectivity index (χ0v) is 13.7. The topological polar surface area (TPSA) is 51.5 Å². The number of ether oxygens (including phenoxy) is 1. The molecule has 2 atom stereocenters. The van der Waals surface area contributed by atoms with E-state index < -0.39 is 12.1 Å². The fraction of sp³-hybridized carbons (Fsp3) is 0.150. The summed E-state index contributed by atoms with van der Waals surface area (Å²) < 4.78 is 19.9. The van der Waals surface area contributed by atoms with Crippen LogP contribution in [0.3, 0.4) is 0 Å². The molecule has 2 aromatic carbocycles. The van der Waals surface area contributed by atoms with E-state index in [0.29, 0.717) is 16.9 Å². The monoisotopic (exact) mass is 339 g/mol. The number of pyridine rings is 1. The van der Waals surface area contributed by atoms with Crippen LogP contribution in [0, 0.1) is 5.82 Å². The Morgan fingerprint density at radius 2 is 1.60 bits per heavy atom. The van der Waals surface area contributed by atoms with Gasteiger partial charge in [0.15, 0.2) is 0 Å². The first-order valence-corrected chi connectivity index (χ1v) is 7.85. The molecular weight excluding hydrogens is 321 g/mol. The van der Waals surface area contributed by atoms with Crippen molar-refractivity contribution in [2.24, 2.45) is 0 Å². The molecule has 0 radical (unpaired) electrons. The van der Waals surface area contributed by atoms with Crippen LogP contribution >= 0.6 is 0 Å². The van der Waals surface area contributed by atoms with Crippen LogP contribution in [0.25, 0.3) is 0 Å². The molecule has 0 aliphatic carbocycles. The third-order valence-electron chi connectivity index (χ3n) is 4.12. The Kier molecular flexibility index (Phi) is 4.95. The Bertz CT molecular complexity index is 888. The van der Waals surface area contributed by atoms with Gasteiger partial charge in [0, 0.05) is 12.3 Å². The Morgan fingerprint density at radius 3 is 2.20 bits per heavy atom. The molecule has 0 aliphatic rings. The van der Waals surface area contributed by atoms with Crippen molar-refractivity contribution < 1.29 is 14.2 Å². The van der Waals surface area contributed by atoms with Crippen LogP contribution < -0.4 is 10.3 Å². The number of hydrogen-bond donors (Lipinski definition) is 1. The Hall–Kier alpha value is -2.92. The molecule has 0 unspecified atom stereocenters. The van der Waals surface area contributed by atoms with Crippen molar-refractivity contribution in [1.82, 2.24) is 4.57 Å². The van der Waals surface area contributed by atoms with Gasteiger partial charge in [-0.1, -0.05) is 30.3 Å². The summed E-state index contributed by atoms with van der Waals surface area (Å²) in [6.45, 7) is 0. The number of hydrogen-bond acceptors (Lipinski definition) is 3. The van der Waals surface area contributed by atoms with Gasteiger partial charge in [-0.25, -0.2) is 4.39 Å². The number of aliphatic hydroxyl groups is 1. The van der Waals surface area contributed by atoms with Crippen LogP contribution in [-0.2, 0) is 0 Å². The number of benzene rings is 2. The van der Waals surface area contributed by atoms with Crippen molar-refractivity contribution in [3.05, 3.63) is 100 Å². The highest BCUT2D eigenvalue weighted by Gasteiger charge is 2.25. The summed E-state index contributed by atoms with van der Waals surface area (Å²) in [6, 6.07) is 16.9. The number of aliphatic hydroxyl groups excluding tert-OH is 1. The molecule has 1 aromatic heterocycles. The highest BCUT2D eigenvalue weighted by molar-refractivity contribution is 5.32. The van der Waals surface area contributed by atoms with Crippen molar-refractivity contribution >= 4 is 0 Å². The Morgan fingerprint density at radius 1 is 0.960 bits per heavy atom. The van der Waals surface area contributed by atoms with Crippen LogP contribution in [0.2, 0.25) is 0 Å². The minimum absolute atomic E-state index is 0.246. The van der Waals surface area contributed by atoms with Gasteiger partial charge in [0.25, 0.3) is 5.56 Å². The highest BCUT2D eigenvalue weighted by Crippen LogP contribution is 2.32. The summed E-state index contributed by atoms with van der Waals surface area (Å²) >= 11 is 0. The minimum Gasteiger partial charge on any atom is -0.497 e. The predicted molar refractivity (Wildman–Crippen MR) is 93.2 cm³/mol. The molecule has 0 saturated heterocycles. The lowest BCUT2D eigenvalue weighted by molar-refractivity contribution is 0.129. The third kappa shape index (κ3) is 3.61. The number of methoxy groups -OCH3 is 1. The Balaban J connectivity index is 2.08. The average Bonchev–Trinajstić information content (AvgIpc) is 2.65. The first-order chi connectivity index (χ1) is 12.1. The van der Waals surface area contributed by atoms with Gasteiger partial charge in [-0.2, -0.15) is 0 Å². The largest absolute Gasteiger partial charge is 0.497 e. The number of aromatic nitrogens is 1. The maximum absolute atomic E-state index is 13.3. The van der Waals surface area contributed by atoms with E-state index >= 15 is 0 Å². The zero-order valence-electron chi connectivity index (χ0n) is 13.7. The van der Waals surface area contributed by atoms with Gasteiger partial charge < -0.3 is 14.4 Å². The average molecular weight is 339 g/mol. The van der Waals surface area contributed by atoms with Gasteiger partial charge in [-0.3, -0.25) is 4.79 Å². The number of halogens is 1. The Labute approximate surface area is 144 Å². The van der Waals surface area contributed by atoms with Crippen molar-refractivity contribution in [3.8, 4) is 5.75 Å². The molecule has 0 bridgehead atoms. The van der Waals surface area contributed by atoms with Gasteiger partial charge in [0.1, 0.15) is 17.7 Å². The molecule has 0 amide bonds. The first-order valence-electron chi connectivity index (χ1n) is 7.85. The second kappa shape index (κ2) is 7.32. The molecule has 1 N–H and O–H groups in total. The normalized spacial score (nSPS) is 13.2. The van der Waals surface area contributed by atoms with Gasteiger partial charge in [-0.05, 0) is 41.5 Å². The van der Waals surface area contributed by atoms with E-state index in [0.717, 1.165) is 0 Å². The van der Waals surface area contributed by atoms with Crippen LogP contribution in [-0.4, -0.2) is 16.8 Å². The van der Waals surface area contributed by atoms with Crippen molar-refractivity contribution in [2.45, 2.75) is 12.1 Å². The first kappa shape index (κ1) is 16.9. The third-order valence-corrected chi connectivity index (χ3v) is 4.12. The summed E-state index contributed by atoms with van der Waals surface area (Å²) in [5, 5.41) is 11.0. The van der Waals surface area contributed by atoms with E-state index in [4.69, 9.17) is 4.74 Å². The quantitative estimate of drug-likeness (QED) is 0.776. The summed E-state index contributed by atoms with van der Waals surface area (Å²) in [6.07, 6.45) is 0.625. The van der Waals surface area contributed by atoms with Gasteiger partial charge in [0.05, 0.1) is 13.2 Å². The SMILES string of the molecule is COc1ccc([C@H](O)[C@@H](c2ccc(F)cc2)n2ccccc2=O)cc1. The fourth-order valence-corrected chi connectivity index (χ4v) is 2.81. The van der Waals surface area contributed by atoms with E-state index in [1.54, 1.807) is 61.8 Å². The van der Waals surface area contributed by atoms with E-state index in [9.17, 15) is 14.3 Å². The van der Waals surface area contributed by atoms with E-state index in [1.807, 2.05) is 0 Å². The molecule has 3 rings (SSSR count). The zero-order chi connectivity index (χ0) is 17.8. The van der Waals surface area contributed by atoms with Crippen molar-refractivity contribution in [1.29, 1.82) is 0 Å². The molecule has 5 heteroatoms. The van der Waals surface area contributed by atoms with Crippen molar-refractivity contribution in [3.63, 3.8) is 0 Å². The second-order valence-corrected chi connectivity index (χ2v) is 5.66. The molecule has 25 heavy (non-hydrogen) atoms. The highest BCUT2D eigenvalue weighted by atomic mass is 19.1. The smallest absolute Gasteiger partial charge is 0.251 e. The summed E-state index contributed by atoms with van der Waals surface area (Å²) in [5.74, 6) is 0.299. The summed E-state index contributed by atoms with van der Waals surface area (Å²) in [7, 11) is 1.57. The lowest BCUT2D eigenvalue weighted by atomic mass is 9.95. The van der Waals surface area contributed by atoms with Crippen LogP contribution in [0.1, 0.15) is 23.3 Å². The molecule has 128 valence electrons. The van der Waals surface area contributed by atoms with Gasteiger partial charge >= 0.3 is 0 Å². The molecular formula is C20H18FNO3. The van der Waals surface area contributed by atoms with E-state index in [-0.39, 0.29) is 11.4 Å². The van der Waals surface area contributed by atoms with E-state index in [2.05, 4.69) is 0 Å². The molecule has 3 aromatic rings. The molecule has 0 aliphatic heterocycles. The minimum atomic E-state index is -0.989. The van der Waals surface area contributed by atoms with Crippen molar-refractivity contribution in [2.75, 3.05) is 7.11 Å². The lowest BCUT2D eigenvalue weighted by Crippen LogP contribution is -2.28. The maximum atomic E-state index is 13.3. The van der Waals surface area contributed by atoms with E-state index in [1.165, 1.54) is 22.8 Å². The second-order valence-electron chi connectivity index (χ2n) is 5.66. The predicted octanol–water partition coefficient (Wildman–Crippen LogP) is 3.32. The summed E-state index contributed by atoms with van der Waals surface area (Å²) in [5.41, 5.74) is 1.02. The molecule has 1 heterocycles. The van der Waals surface area contributed by atoms with Gasteiger partial charge in [0.2, 0.25) is 0 Å². The number of rotatable bonds is 5. The fourth-order valence-electron chi connectivity index (χ4n) is 2.81. The molecule has 0 fully saturated rings. The lowest BCUT2D eigenvalue weighted by Gasteiger charge is -2.26. The van der Waals surface area contributed by atoms with Crippen LogP contribution in [0.15, 0.2) is 77.7 Å².